The van der Waals surface area contributed by atoms with E-state index in [9.17, 15) is 14.7 Å². The summed E-state index contributed by atoms with van der Waals surface area (Å²) in [4.78, 5) is 32.0. The van der Waals surface area contributed by atoms with Gasteiger partial charge in [0.15, 0.2) is 17.3 Å². The number of rotatable bonds is 4. The van der Waals surface area contributed by atoms with Crippen molar-refractivity contribution in [2.24, 2.45) is 0 Å². The molecule has 0 aliphatic rings. The van der Waals surface area contributed by atoms with Crippen LogP contribution in [-0.4, -0.2) is 26.8 Å². The molecule has 0 radical (unpaired) electrons. The predicted molar refractivity (Wildman–Crippen MR) is 81.3 cm³/mol. The topological polar surface area (TPSA) is 93.3 Å². The molecule has 23 heavy (non-hydrogen) atoms. The summed E-state index contributed by atoms with van der Waals surface area (Å²) >= 11 is 0. The normalized spacial score (nSPS) is 10.5. The van der Waals surface area contributed by atoms with E-state index in [1.807, 2.05) is 25.1 Å². The van der Waals surface area contributed by atoms with Gasteiger partial charge in [-0.25, -0.2) is 14.8 Å². The highest BCUT2D eigenvalue weighted by Crippen LogP contribution is 2.21. The largest absolute Gasteiger partial charge is 0.476 e. The zero-order valence-corrected chi connectivity index (χ0v) is 12.2. The molecule has 0 bridgehead atoms. The monoisotopic (exact) mass is 308 g/mol. The maximum absolute atomic E-state index is 12.3. The molecule has 3 rings (SSSR count). The first-order valence-electron chi connectivity index (χ1n) is 6.82. The van der Waals surface area contributed by atoms with Crippen molar-refractivity contribution in [3.05, 3.63) is 71.4 Å². The van der Waals surface area contributed by atoms with Crippen molar-refractivity contribution in [2.75, 3.05) is 0 Å². The summed E-state index contributed by atoms with van der Waals surface area (Å²) in [5.74, 6) is -1.56. The molecule has 1 N–H and O–H groups in total. The lowest BCUT2D eigenvalue weighted by Crippen LogP contribution is -2.13. The average molecular weight is 308 g/mol. The van der Waals surface area contributed by atoms with Gasteiger partial charge >= 0.3 is 5.97 Å². The fourth-order valence-corrected chi connectivity index (χ4v) is 2.21. The Morgan fingerprint density at radius 2 is 1.91 bits per heavy atom. The summed E-state index contributed by atoms with van der Waals surface area (Å²) in [6, 6.07) is 10.4. The number of aryl methyl sites for hydroxylation is 1. The van der Waals surface area contributed by atoms with Crippen LogP contribution in [0.15, 0.2) is 53.3 Å². The Morgan fingerprint density at radius 1 is 1.13 bits per heavy atom. The van der Waals surface area contributed by atoms with E-state index < -0.39 is 11.8 Å². The average Bonchev–Trinajstić information content (AvgIpc) is 3.08. The van der Waals surface area contributed by atoms with Gasteiger partial charge in [0, 0.05) is 11.8 Å². The molecular weight excluding hydrogens is 296 g/mol. The van der Waals surface area contributed by atoms with Crippen LogP contribution >= 0.6 is 0 Å². The number of hydrogen-bond acceptors (Lipinski definition) is 5. The van der Waals surface area contributed by atoms with E-state index in [1.54, 1.807) is 12.1 Å². The minimum absolute atomic E-state index is 0.0414. The number of furan rings is 1. The maximum atomic E-state index is 12.3. The van der Waals surface area contributed by atoms with Crippen LogP contribution in [0.5, 0.6) is 0 Å². The Labute approximate surface area is 131 Å². The smallest absolute Gasteiger partial charge is 0.355 e. The molecule has 6 nitrogen and oxygen atoms in total. The van der Waals surface area contributed by atoms with Gasteiger partial charge in [0.1, 0.15) is 0 Å². The van der Waals surface area contributed by atoms with Crippen LogP contribution in [0.2, 0.25) is 0 Å². The molecule has 0 aliphatic heterocycles. The molecule has 1 aromatic carbocycles. The van der Waals surface area contributed by atoms with Gasteiger partial charge in [0.2, 0.25) is 5.78 Å². The number of carbonyl (C=O) groups excluding carboxylic acids is 1. The summed E-state index contributed by atoms with van der Waals surface area (Å²) in [7, 11) is 0. The van der Waals surface area contributed by atoms with Crippen LogP contribution in [0, 0.1) is 6.92 Å². The van der Waals surface area contributed by atoms with E-state index in [0.717, 1.165) is 5.56 Å². The van der Waals surface area contributed by atoms with Crippen LogP contribution in [-0.2, 0) is 0 Å². The van der Waals surface area contributed by atoms with Gasteiger partial charge in [-0.05, 0) is 24.6 Å². The van der Waals surface area contributed by atoms with Crippen LogP contribution in [0.25, 0.3) is 11.4 Å². The zero-order chi connectivity index (χ0) is 16.4. The number of benzene rings is 1. The van der Waals surface area contributed by atoms with E-state index in [2.05, 4.69) is 9.97 Å². The predicted octanol–water partition coefficient (Wildman–Crippen LogP) is 2.97. The van der Waals surface area contributed by atoms with Crippen LogP contribution < -0.4 is 0 Å². The second-order valence-corrected chi connectivity index (χ2v) is 4.88. The first kappa shape index (κ1) is 14.6. The number of nitrogens with zero attached hydrogens (tertiary/aromatic N) is 2. The highest BCUT2D eigenvalue weighted by Gasteiger charge is 2.23. The highest BCUT2D eigenvalue weighted by molar-refractivity contribution is 6.12. The Hall–Kier alpha value is -3.28. The lowest BCUT2D eigenvalue weighted by Gasteiger charge is -2.07. The lowest BCUT2D eigenvalue weighted by atomic mass is 10.1. The number of aromatic nitrogens is 2. The van der Waals surface area contributed by atoms with E-state index in [-0.39, 0.29) is 22.8 Å². The summed E-state index contributed by atoms with van der Waals surface area (Å²) in [6.07, 6.45) is 2.57. The Balaban J connectivity index is 2.12. The first-order valence-corrected chi connectivity index (χ1v) is 6.82. The quantitative estimate of drug-likeness (QED) is 0.745. The maximum Gasteiger partial charge on any atom is 0.355 e. The SMILES string of the molecule is Cc1ccccc1-c1ncc(C(=O)c2ccco2)c(C(=O)O)n1. The van der Waals surface area contributed by atoms with Crippen LogP contribution in [0.3, 0.4) is 0 Å². The van der Waals surface area contributed by atoms with Crippen molar-refractivity contribution in [3.63, 3.8) is 0 Å². The van der Waals surface area contributed by atoms with Gasteiger partial charge in [0.25, 0.3) is 0 Å². The molecule has 0 unspecified atom stereocenters. The molecule has 0 aliphatic carbocycles. The molecule has 0 saturated heterocycles. The Morgan fingerprint density at radius 3 is 2.57 bits per heavy atom. The molecule has 0 spiro atoms. The zero-order valence-electron chi connectivity index (χ0n) is 12.2. The van der Waals surface area contributed by atoms with Crippen molar-refractivity contribution < 1.29 is 19.1 Å². The molecule has 0 amide bonds. The number of ketones is 1. The minimum Gasteiger partial charge on any atom is -0.476 e. The minimum atomic E-state index is -1.29. The Bertz CT molecular complexity index is 885. The molecule has 2 heterocycles. The summed E-state index contributed by atoms with van der Waals surface area (Å²) in [6.45, 7) is 1.88. The number of aromatic carboxylic acids is 1. The highest BCUT2D eigenvalue weighted by atomic mass is 16.4. The van der Waals surface area contributed by atoms with E-state index in [4.69, 9.17) is 4.42 Å². The van der Waals surface area contributed by atoms with Crippen molar-refractivity contribution in [2.45, 2.75) is 6.92 Å². The second kappa shape index (κ2) is 5.84. The fraction of sp³-hybridized carbons (Fsp3) is 0.0588. The second-order valence-electron chi connectivity index (χ2n) is 4.88. The number of carbonyl (C=O) groups is 2. The van der Waals surface area contributed by atoms with Crippen LogP contribution in [0.4, 0.5) is 0 Å². The van der Waals surface area contributed by atoms with Gasteiger partial charge in [-0.2, -0.15) is 0 Å². The summed E-state index contributed by atoms with van der Waals surface area (Å²) < 4.78 is 5.02. The van der Waals surface area contributed by atoms with Gasteiger partial charge in [-0.3, -0.25) is 4.79 Å². The summed E-state index contributed by atoms with van der Waals surface area (Å²) in [5, 5.41) is 9.38. The van der Waals surface area contributed by atoms with Gasteiger partial charge in [0.05, 0.1) is 11.8 Å². The van der Waals surface area contributed by atoms with E-state index in [1.165, 1.54) is 18.5 Å². The van der Waals surface area contributed by atoms with Gasteiger partial charge < -0.3 is 9.52 Å². The van der Waals surface area contributed by atoms with Gasteiger partial charge in [-0.1, -0.05) is 24.3 Å². The van der Waals surface area contributed by atoms with Crippen molar-refractivity contribution in [1.29, 1.82) is 0 Å². The summed E-state index contributed by atoms with van der Waals surface area (Å²) in [5.41, 5.74) is 1.17. The molecule has 0 fully saturated rings. The molecule has 2 aromatic heterocycles. The van der Waals surface area contributed by atoms with Crippen LogP contribution in [0.1, 0.15) is 32.2 Å². The van der Waals surface area contributed by atoms with Gasteiger partial charge in [-0.15, -0.1) is 0 Å². The molecule has 114 valence electrons. The first-order chi connectivity index (χ1) is 11.1. The van der Waals surface area contributed by atoms with E-state index in [0.29, 0.717) is 5.56 Å². The standard InChI is InChI=1S/C17H12N2O4/c1-10-5-2-3-6-11(10)16-18-9-12(14(19-16)17(21)22)15(20)13-7-4-8-23-13/h2-9H,1H3,(H,21,22). The third kappa shape index (κ3) is 2.74. The lowest BCUT2D eigenvalue weighted by molar-refractivity contribution is 0.0685. The van der Waals surface area contributed by atoms with E-state index >= 15 is 0 Å². The molecule has 0 atom stereocenters. The van der Waals surface area contributed by atoms with Crippen molar-refractivity contribution >= 4 is 11.8 Å². The fourth-order valence-electron chi connectivity index (χ4n) is 2.21. The molecule has 6 heteroatoms. The number of hydrogen-bond donors (Lipinski definition) is 1. The molecule has 3 aromatic rings. The molecular formula is C17H12N2O4. The van der Waals surface area contributed by atoms with Crippen molar-refractivity contribution in [3.8, 4) is 11.4 Å². The van der Waals surface area contributed by atoms with Crippen molar-refractivity contribution in [1.82, 2.24) is 9.97 Å². The third-order valence-corrected chi connectivity index (χ3v) is 3.37. The number of carboxylic acid groups (broad SMARTS) is 1. The molecule has 0 saturated carbocycles. The Kier molecular flexibility index (Phi) is 3.72. The number of carboxylic acids is 1. The third-order valence-electron chi connectivity index (χ3n) is 3.37.